The number of hydrogen-bond donors (Lipinski definition) is 2. The molecule has 2 fully saturated rings. The zero-order valence-corrected chi connectivity index (χ0v) is 12.7. The molecule has 19 heavy (non-hydrogen) atoms. The molecule has 2 N–H and O–H groups in total. The summed E-state index contributed by atoms with van der Waals surface area (Å²) in [5.74, 6) is 0.605. The molecule has 0 amide bonds. The van der Waals surface area contributed by atoms with Gasteiger partial charge in [0.05, 0.1) is 5.75 Å². The molecule has 0 aromatic heterocycles. The Balaban J connectivity index is 1.67. The smallest absolute Gasteiger partial charge is 0.213 e. The fourth-order valence-electron chi connectivity index (χ4n) is 2.96. The average Bonchev–Trinajstić information content (AvgIpc) is 2.99. The van der Waals surface area contributed by atoms with Crippen LogP contribution in [0.15, 0.2) is 0 Å². The normalized spacial score (nSPS) is 26.9. The van der Waals surface area contributed by atoms with Gasteiger partial charge in [0.15, 0.2) is 0 Å². The Bertz CT molecular complexity index is 360. The second-order valence-electron chi connectivity index (χ2n) is 6.04. The van der Waals surface area contributed by atoms with Crippen LogP contribution < -0.4 is 10.0 Å². The lowest BCUT2D eigenvalue weighted by Crippen LogP contribution is -2.39. The predicted octanol–water partition coefficient (Wildman–Crippen LogP) is 0.390. The summed E-state index contributed by atoms with van der Waals surface area (Å²) >= 11 is 0. The maximum atomic E-state index is 12.0. The third kappa shape index (κ3) is 5.38. The molecule has 112 valence electrons. The first-order chi connectivity index (χ1) is 9.05. The molecule has 2 atom stereocenters. The van der Waals surface area contributed by atoms with Crippen molar-refractivity contribution in [3.63, 3.8) is 0 Å². The summed E-state index contributed by atoms with van der Waals surface area (Å²) in [6, 6.07) is 0.145. The highest BCUT2D eigenvalue weighted by Gasteiger charge is 2.22. The van der Waals surface area contributed by atoms with Crippen LogP contribution in [0.4, 0.5) is 0 Å². The minimum absolute atomic E-state index is 0.145. The van der Waals surface area contributed by atoms with Crippen LogP contribution in [0.2, 0.25) is 0 Å². The third-order valence-electron chi connectivity index (χ3n) is 4.00. The molecule has 5 nitrogen and oxygen atoms in total. The summed E-state index contributed by atoms with van der Waals surface area (Å²) in [6.07, 6.45) is 4.63. The topological polar surface area (TPSA) is 61.4 Å². The lowest BCUT2D eigenvalue weighted by atomic mass is 10.2. The molecule has 2 heterocycles. The molecule has 2 unspecified atom stereocenters. The molecule has 6 heteroatoms. The van der Waals surface area contributed by atoms with Gasteiger partial charge in [-0.3, -0.25) is 0 Å². The van der Waals surface area contributed by atoms with Crippen LogP contribution in [-0.4, -0.2) is 57.8 Å². The zero-order chi connectivity index (χ0) is 13.7. The van der Waals surface area contributed by atoms with E-state index in [9.17, 15) is 8.42 Å². The van der Waals surface area contributed by atoms with Gasteiger partial charge in [0.25, 0.3) is 0 Å². The Morgan fingerprint density at radius 3 is 2.68 bits per heavy atom. The minimum Gasteiger partial charge on any atom is -0.313 e. The van der Waals surface area contributed by atoms with Crippen LogP contribution in [0.25, 0.3) is 0 Å². The molecule has 0 spiro atoms. The quantitative estimate of drug-likeness (QED) is 0.712. The molecular formula is C13H27N3O2S. The second-order valence-corrected chi connectivity index (χ2v) is 7.89. The van der Waals surface area contributed by atoms with Crippen molar-refractivity contribution in [1.29, 1.82) is 0 Å². The van der Waals surface area contributed by atoms with E-state index >= 15 is 0 Å². The van der Waals surface area contributed by atoms with E-state index < -0.39 is 10.0 Å². The fourth-order valence-corrected chi connectivity index (χ4v) is 4.43. The maximum absolute atomic E-state index is 12.0. The number of sulfonamides is 1. The van der Waals surface area contributed by atoms with Gasteiger partial charge in [-0.2, -0.15) is 0 Å². The molecule has 0 aromatic rings. The van der Waals surface area contributed by atoms with Crippen molar-refractivity contribution in [3.05, 3.63) is 0 Å². The highest BCUT2D eigenvalue weighted by atomic mass is 32.2. The number of nitrogens with one attached hydrogen (secondary N) is 2. The monoisotopic (exact) mass is 289 g/mol. The van der Waals surface area contributed by atoms with E-state index in [1.165, 1.54) is 25.9 Å². The number of nitrogens with zero attached hydrogens (tertiary/aromatic N) is 1. The predicted molar refractivity (Wildman–Crippen MR) is 77.7 cm³/mol. The van der Waals surface area contributed by atoms with E-state index in [0.29, 0.717) is 12.5 Å². The standard InChI is InChI=1S/C13H27N3O2S/c1-12(10-16-7-2-3-8-16)9-15-19(17,18)11-13-5-4-6-14-13/h12-15H,2-11H2,1H3. The first kappa shape index (κ1) is 15.2. The first-order valence-corrected chi connectivity index (χ1v) is 9.13. The summed E-state index contributed by atoms with van der Waals surface area (Å²) in [5, 5.41) is 3.23. The van der Waals surface area contributed by atoms with Crippen LogP contribution >= 0.6 is 0 Å². The Hall–Kier alpha value is -0.170. The molecule has 2 rings (SSSR count). The van der Waals surface area contributed by atoms with Gasteiger partial charge in [-0.05, 0) is 51.2 Å². The molecule has 2 aliphatic rings. The van der Waals surface area contributed by atoms with Gasteiger partial charge >= 0.3 is 0 Å². The van der Waals surface area contributed by atoms with Crippen LogP contribution in [0.1, 0.15) is 32.6 Å². The van der Waals surface area contributed by atoms with E-state index in [1.807, 2.05) is 0 Å². The lowest BCUT2D eigenvalue weighted by molar-refractivity contribution is 0.288. The summed E-state index contributed by atoms with van der Waals surface area (Å²) in [7, 11) is -3.12. The van der Waals surface area contributed by atoms with Crippen molar-refractivity contribution in [1.82, 2.24) is 14.9 Å². The average molecular weight is 289 g/mol. The summed E-state index contributed by atoms with van der Waals surface area (Å²) in [4.78, 5) is 2.43. The van der Waals surface area contributed by atoms with Crippen molar-refractivity contribution in [2.75, 3.05) is 38.5 Å². The molecular weight excluding hydrogens is 262 g/mol. The van der Waals surface area contributed by atoms with E-state index in [2.05, 4.69) is 21.9 Å². The Labute approximate surface area is 117 Å². The number of likely N-dealkylation sites (tertiary alicyclic amines) is 1. The third-order valence-corrected chi connectivity index (χ3v) is 5.45. The molecule has 0 aliphatic carbocycles. The van der Waals surface area contributed by atoms with Crippen molar-refractivity contribution >= 4 is 10.0 Å². The van der Waals surface area contributed by atoms with Gasteiger partial charge in [-0.1, -0.05) is 6.92 Å². The molecule has 0 radical (unpaired) electrons. The minimum atomic E-state index is -3.12. The van der Waals surface area contributed by atoms with Gasteiger partial charge < -0.3 is 10.2 Å². The molecule has 2 aliphatic heterocycles. The molecule has 0 aromatic carbocycles. The Morgan fingerprint density at radius 2 is 2.05 bits per heavy atom. The van der Waals surface area contributed by atoms with E-state index in [0.717, 1.165) is 25.9 Å². The lowest BCUT2D eigenvalue weighted by Gasteiger charge is -2.21. The van der Waals surface area contributed by atoms with Crippen molar-refractivity contribution in [3.8, 4) is 0 Å². The van der Waals surface area contributed by atoms with Crippen LogP contribution in [0.5, 0.6) is 0 Å². The number of hydrogen-bond acceptors (Lipinski definition) is 4. The van der Waals surface area contributed by atoms with Gasteiger partial charge in [-0.15, -0.1) is 0 Å². The Morgan fingerprint density at radius 1 is 1.32 bits per heavy atom. The molecule has 0 saturated carbocycles. The first-order valence-electron chi connectivity index (χ1n) is 7.48. The van der Waals surface area contributed by atoms with Crippen molar-refractivity contribution in [2.45, 2.75) is 38.6 Å². The molecule has 0 bridgehead atoms. The van der Waals surface area contributed by atoms with Crippen molar-refractivity contribution < 1.29 is 8.42 Å². The van der Waals surface area contributed by atoms with Crippen LogP contribution in [0, 0.1) is 5.92 Å². The fraction of sp³-hybridized carbons (Fsp3) is 1.00. The molecule has 2 saturated heterocycles. The summed E-state index contributed by atoms with van der Waals surface area (Å²) < 4.78 is 26.7. The largest absolute Gasteiger partial charge is 0.313 e. The van der Waals surface area contributed by atoms with Gasteiger partial charge in [-0.25, -0.2) is 13.1 Å². The summed E-state index contributed by atoms with van der Waals surface area (Å²) in [5.41, 5.74) is 0. The van der Waals surface area contributed by atoms with E-state index in [-0.39, 0.29) is 11.8 Å². The SMILES string of the molecule is CC(CNS(=O)(=O)CC1CCCN1)CN1CCCC1. The highest BCUT2D eigenvalue weighted by molar-refractivity contribution is 7.89. The summed E-state index contributed by atoms with van der Waals surface area (Å²) in [6.45, 7) is 6.97. The highest BCUT2D eigenvalue weighted by Crippen LogP contribution is 2.10. The van der Waals surface area contributed by atoms with E-state index in [4.69, 9.17) is 0 Å². The maximum Gasteiger partial charge on any atom is 0.213 e. The van der Waals surface area contributed by atoms with Gasteiger partial charge in [0.2, 0.25) is 10.0 Å². The second kappa shape index (κ2) is 7.02. The van der Waals surface area contributed by atoms with Crippen LogP contribution in [0.3, 0.4) is 0 Å². The Kier molecular flexibility index (Phi) is 5.62. The number of rotatable bonds is 7. The van der Waals surface area contributed by atoms with Gasteiger partial charge in [0.1, 0.15) is 0 Å². The van der Waals surface area contributed by atoms with E-state index in [1.54, 1.807) is 0 Å². The van der Waals surface area contributed by atoms with Crippen molar-refractivity contribution in [2.24, 2.45) is 5.92 Å². The van der Waals surface area contributed by atoms with Gasteiger partial charge in [0, 0.05) is 19.1 Å². The van der Waals surface area contributed by atoms with Crippen LogP contribution in [-0.2, 0) is 10.0 Å². The zero-order valence-electron chi connectivity index (χ0n) is 11.9.